The van der Waals surface area contributed by atoms with Gasteiger partial charge < -0.3 is 10.1 Å². The number of nitrogens with one attached hydrogen (secondary N) is 1. The minimum atomic E-state index is -0.204. The molecule has 0 bridgehead atoms. The van der Waals surface area contributed by atoms with Gasteiger partial charge >= 0.3 is 0 Å². The number of halogens is 3. The Labute approximate surface area is 138 Å². The molecule has 0 spiro atoms. The molecule has 1 aromatic carbocycles. The summed E-state index contributed by atoms with van der Waals surface area (Å²) < 4.78 is 19.5. The smallest absolute Gasteiger partial charge is 0.131 e. The number of nitrogens with zero attached hydrogens (tertiary/aromatic N) is 1. The van der Waals surface area contributed by atoms with Crippen LogP contribution in [0.25, 0.3) is 0 Å². The van der Waals surface area contributed by atoms with Gasteiger partial charge in [-0.15, -0.1) is 31.4 Å². The zero-order chi connectivity index (χ0) is 13.7. The van der Waals surface area contributed by atoms with E-state index in [2.05, 4.69) is 16.8 Å². The Kier molecular flexibility index (Phi) is 9.62. The normalized spacial score (nSPS) is 16.3. The minimum absolute atomic E-state index is 0. The molecule has 0 amide bonds. The molecule has 1 aliphatic heterocycles. The quantitative estimate of drug-likeness (QED) is 0.835. The third kappa shape index (κ3) is 4.85. The molecule has 1 fully saturated rings. The van der Waals surface area contributed by atoms with Gasteiger partial charge in [-0.25, -0.2) is 4.39 Å². The first kappa shape index (κ1) is 20.2. The van der Waals surface area contributed by atoms with E-state index in [4.69, 9.17) is 4.74 Å². The van der Waals surface area contributed by atoms with Crippen LogP contribution < -0.4 is 10.1 Å². The Balaban J connectivity index is 0.00000200. The lowest BCUT2D eigenvalue weighted by molar-refractivity contribution is 0.168. The topological polar surface area (TPSA) is 24.5 Å². The maximum Gasteiger partial charge on any atom is 0.131 e. The molecule has 0 aromatic heterocycles. The zero-order valence-electron chi connectivity index (χ0n) is 12.2. The molecule has 0 saturated carbocycles. The average Bonchev–Trinajstić information content (AvgIpc) is 2.46. The Morgan fingerprint density at radius 2 is 2.05 bits per heavy atom. The van der Waals surface area contributed by atoms with Gasteiger partial charge in [0.1, 0.15) is 11.6 Å². The molecule has 0 unspecified atom stereocenters. The molecule has 1 atom stereocenters. The van der Waals surface area contributed by atoms with Gasteiger partial charge in [0.2, 0.25) is 0 Å². The summed E-state index contributed by atoms with van der Waals surface area (Å²) in [6.07, 6.45) is 2.57. The summed E-state index contributed by atoms with van der Waals surface area (Å²) in [5.41, 5.74) is 0.645. The van der Waals surface area contributed by atoms with Crippen LogP contribution in [0.15, 0.2) is 30.9 Å². The van der Waals surface area contributed by atoms with Crippen molar-refractivity contribution in [3.63, 3.8) is 0 Å². The van der Waals surface area contributed by atoms with Crippen molar-refractivity contribution >= 4 is 24.8 Å². The Morgan fingerprint density at radius 3 is 2.62 bits per heavy atom. The van der Waals surface area contributed by atoms with Crippen molar-refractivity contribution in [3.05, 3.63) is 42.2 Å². The summed E-state index contributed by atoms with van der Waals surface area (Å²) in [6, 6.07) is 4.99. The second kappa shape index (κ2) is 10.0. The fourth-order valence-electron chi connectivity index (χ4n) is 2.62. The molecule has 3 nitrogen and oxygen atoms in total. The Bertz CT molecular complexity index is 440. The van der Waals surface area contributed by atoms with Crippen molar-refractivity contribution in [3.8, 4) is 5.75 Å². The van der Waals surface area contributed by atoms with Crippen molar-refractivity contribution in [2.45, 2.75) is 12.5 Å². The number of hydrogen-bond donors (Lipinski definition) is 1. The summed E-state index contributed by atoms with van der Waals surface area (Å²) in [5.74, 6) is 0.412. The summed E-state index contributed by atoms with van der Waals surface area (Å²) >= 11 is 0. The monoisotopic (exact) mass is 336 g/mol. The van der Waals surface area contributed by atoms with Gasteiger partial charge in [-0.05, 0) is 18.6 Å². The van der Waals surface area contributed by atoms with Crippen LogP contribution in [0.3, 0.4) is 0 Å². The van der Waals surface area contributed by atoms with E-state index in [1.807, 2.05) is 12.1 Å². The highest BCUT2D eigenvalue weighted by Crippen LogP contribution is 2.34. The number of rotatable bonds is 5. The van der Waals surface area contributed by atoms with Gasteiger partial charge in [-0.3, -0.25) is 4.90 Å². The molecule has 0 radical (unpaired) electrons. The zero-order valence-corrected chi connectivity index (χ0v) is 13.8. The van der Waals surface area contributed by atoms with Gasteiger partial charge in [-0.1, -0.05) is 12.1 Å². The summed E-state index contributed by atoms with van der Waals surface area (Å²) in [4.78, 5) is 2.29. The molecule has 6 heteroatoms. The van der Waals surface area contributed by atoms with Crippen LogP contribution in [-0.4, -0.2) is 38.2 Å². The van der Waals surface area contributed by atoms with E-state index in [0.717, 1.165) is 32.6 Å². The number of ether oxygens (including phenoxy) is 1. The molecule has 1 saturated heterocycles. The number of benzene rings is 1. The van der Waals surface area contributed by atoms with Crippen molar-refractivity contribution in [2.24, 2.45) is 0 Å². The highest BCUT2D eigenvalue weighted by molar-refractivity contribution is 5.85. The SMILES string of the molecule is C=CC[C@@H](c1c(F)cccc1OC)N1CCNCC1.Cl.Cl. The van der Waals surface area contributed by atoms with E-state index in [0.29, 0.717) is 11.3 Å². The van der Waals surface area contributed by atoms with Crippen LogP contribution in [0.1, 0.15) is 18.0 Å². The van der Waals surface area contributed by atoms with Gasteiger partial charge in [0.15, 0.2) is 0 Å². The van der Waals surface area contributed by atoms with Crippen LogP contribution >= 0.6 is 24.8 Å². The van der Waals surface area contributed by atoms with Crippen LogP contribution in [-0.2, 0) is 0 Å². The first-order valence-corrected chi connectivity index (χ1v) is 6.66. The lowest BCUT2D eigenvalue weighted by Gasteiger charge is -2.35. The molecular weight excluding hydrogens is 314 g/mol. The van der Waals surface area contributed by atoms with E-state index in [1.165, 1.54) is 6.07 Å². The Morgan fingerprint density at radius 1 is 1.38 bits per heavy atom. The predicted molar refractivity (Wildman–Crippen MR) is 89.4 cm³/mol. The van der Waals surface area contributed by atoms with Crippen LogP contribution in [0, 0.1) is 5.82 Å². The van der Waals surface area contributed by atoms with Crippen molar-refractivity contribution in [2.75, 3.05) is 33.3 Å². The fraction of sp³-hybridized carbons (Fsp3) is 0.467. The largest absolute Gasteiger partial charge is 0.496 e. The summed E-state index contributed by atoms with van der Waals surface area (Å²) in [5, 5.41) is 3.31. The van der Waals surface area contributed by atoms with E-state index in [1.54, 1.807) is 13.2 Å². The van der Waals surface area contributed by atoms with Gasteiger partial charge in [0.25, 0.3) is 0 Å². The van der Waals surface area contributed by atoms with E-state index in [9.17, 15) is 4.39 Å². The first-order chi connectivity index (χ1) is 9.27. The number of hydrogen-bond acceptors (Lipinski definition) is 3. The Hall–Kier alpha value is -0.810. The molecule has 1 aromatic rings. The van der Waals surface area contributed by atoms with E-state index < -0.39 is 0 Å². The predicted octanol–water partition coefficient (Wildman–Crippen LogP) is 3.20. The molecular formula is C15H23Cl2FN2O. The molecule has 21 heavy (non-hydrogen) atoms. The highest BCUT2D eigenvalue weighted by atomic mass is 35.5. The third-order valence-corrected chi connectivity index (χ3v) is 3.55. The lowest BCUT2D eigenvalue weighted by atomic mass is 9.99. The molecule has 0 aliphatic carbocycles. The fourth-order valence-corrected chi connectivity index (χ4v) is 2.62. The van der Waals surface area contributed by atoms with Crippen LogP contribution in [0.5, 0.6) is 5.75 Å². The van der Waals surface area contributed by atoms with Crippen molar-refractivity contribution < 1.29 is 9.13 Å². The highest BCUT2D eigenvalue weighted by Gasteiger charge is 2.26. The van der Waals surface area contributed by atoms with E-state index in [-0.39, 0.29) is 36.7 Å². The second-order valence-corrected chi connectivity index (χ2v) is 4.68. The average molecular weight is 337 g/mol. The van der Waals surface area contributed by atoms with Crippen LogP contribution in [0.2, 0.25) is 0 Å². The van der Waals surface area contributed by atoms with Crippen LogP contribution in [0.4, 0.5) is 4.39 Å². The minimum Gasteiger partial charge on any atom is -0.496 e. The molecule has 1 N–H and O–H groups in total. The molecule has 1 heterocycles. The number of piperazine rings is 1. The summed E-state index contributed by atoms with van der Waals surface area (Å²) in [7, 11) is 1.58. The molecule has 120 valence electrons. The number of methoxy groups -OCH3 is 1. The summed E-state index contributed by atoms with van der Waals surface area (Å²) in [6.45, 7) is 7.50. The lowest BCUT2D eigenvalue weighted by Crippen LogP contribution is -2.45. The molecule has 1 aliphatic rings. The van der Waals surface area contributed by atoms with E-state index >= 15 is 0 Å². The molecule has 2 rings (SSSR count). The van der Waals surface area contributed by atoms with Gasteiger partial charge in [0.05, 0.1) is 7.11 Å². The standard InChI is InChI=1S/C15H21FN2O.2ClH/c1-3-5-13(18-10-8-17-9-11-18)15-12(16)6-4-7-14(15)19-2;;/h3-4,6-7,13,17H,1,5,8-11H2,2H3;2*1H/t13-;;/m0../s1. The van der Waals surface area contributed by atoms with Crippen molar-refractivity contribution in [1.82, 2.24) is 10.2 Å². The maximum atomic E-state index is 14.2. The van der Waals surface area contributed by atoms with Gasteiger partial charge in [-0.2, -0.15) is 0 Å². The maximum absolute atomic E-state index is 14.2. The first-order valence-electron chi connectivity index (χ1n) is 6.66. The second-order valence-electron chi connectivity index (χ2n) is 4.68. The third-order valence-electron chi connectivity index (χ3n) is 3.55. The van der Waals surface area contributed by atoms with Gasteiger partial charge in [0, 0.05) is 37.8 Å². The van der Waals surface area contributed by atoms with Crippen molar-refractivity contribution in [1.29, 1.82) is 0 Å².